The molecule has 0 radical (unpaired) electrons. The highest BCUT2D eigenvalue weighted by Gasteiger charge is 2.15. The number of esters is 1. The quantitative estimate of drug-likeness (QED) is 0.469. The van der Waals surface area contributed by atoms with Gasteiger partial charge in [0.15, 0.2) is 0 Å². The maximum Gasteiger partial charge on any atom is 0.305 e. The Bertz CT molecular complexity index is 282. The summed E-state index contributed by atoms with van der Waals surface area (Å²) < 4.78 is 4.59. The van der Waals surface area contributed by atoms with Crippen molar-refractivity contribution in [2.45, 2.75) is 46.0 Å². The number of nitrogens with zero attached hydrogens (tertiary/aromatic N) is 2. The Balaban J connectivity index is 3.52. The van der Waals surface area contributed by atoms with E-state index in [2.05, 4.69) is 22.8 Å². The van der Waals surface area contributed by atoms with Crippen LogP contribution in [0.1, 0.15) is 46.0 Å². The minimum atomic E-state index is -0.205. The molecule has 0 fully saturated rings. The van der Waals surface area contributed by atoms with E-state index in [0.29, 0.717) is 6.42 Å². The maximum atomic E-state index is 10.9. The zero-order valence-corrected chi connectivity index (χ0v) is 12.2. The average molecular weight is 254 g/mol. The normalized spacial score (nSPS) is 11.3. The highest BCUT2D eigenvalue weighted by molar-refractivity contribution is 5.69. The zero-order chi connectivity index (χ0) is 14.0. The summed E-state index contributed by atoms with van der Waals surface area (Å²) in [6, 6.07) is 2.32. The topological polar surface area (TPSA) is 53.3 Å². The molecule has 0 N–H and O–H groups in total. The summed E-state index contributed by atoms with van der Waals surface area (Å²) in [5, 5.41) is 8.89. The van der Waals surface area contributed by atoms with Gasteiger partial charge in [0.25, 0.3) is 0 Å². The predicted molar refractivity (Wildman–Crippen MR) is 72.0 cm³/mol. The number of hydrogen-bond acceptors (Lipinski definition) is 4. The minimum absolute atomic E-state index is 0.140. The number of carbonyl (C=O) groups is 1. The third kappa shape index (κ3) is 9.00. The van der Waals surface area contributed by atoms with Gasteiger partial charge in [-0.25, -0.2) is 0 Å². The van der Waals surface area contributed by atoms with Crippen LogP contribution in [0.4, 0.5) is 0 Å². The molecule has 0 heterocycles. The summed E-state index contributed by atoms with van der Waals surface area (Å²) in [6.45, 7) is 5.89. The van der Waals surface area contributed by atoms with E-state index in [1.807, 2.05) is 13.8 Å². The summed E-state index contributed by atoms with van der Waals surface area (Å²) in [4.78, 5) is 13.2. The van der Waals surface area contributed by atoms with E-state index in [1.165, 1.54) is 7.11 Å². The molecular formula is C14H26N2O2. The zero-order valence-electron chi connectivity index (χ0n) is 12.2. The molecule has 0 rings (SSSR count). The molecule has 0 bridgehead atoms. The number of unbranched alkanes of at least 4 members (excludes halogenated alkanes) is 1. The largest absolute Gasteiger partial charge is 0.469 e. The molecule has 0 aromatic heterocycles. The van der Waals surface area contributed by atoms with Crippen molar-refractivity contribution in [2.75, 3.05) is 27.2 Å². The van der Waals surface area contributed by atoms with Crippen LogP contribution in [0.2, 0.25) is 0 Å². The summed E-state index contributed by atoms with van der Waals surface area (Å²) >= 11 is 0. The van der Waals surface area contributed by atoms with Crippen LogP contribution in [0.25, 0.3) is 0 Å². The first-order valence-corrected chi connectivity index (χ1v) is 6.58. The van der Waals surface area contributed by atoms with Gasteiger partial charge in [-0.15, -0.1) is 0 Å². The van der Waals surface area contributed by atoms with E-state index < -0.39 is 0 Å². The molecule has 0 unspecified atom stereocenters. The number of rotatable bonds is 9. The van der Waals surface area contributed by atoms with Crippen molar-refractivity contribution in [2.24, 2.45) is 5.41 Å². The first-order chi connectivity index (χ1) is 8.41. The fraction of sp³-hybridized carbons (Fsp3) is 0.857. The Labute approximate surface area is 111 Å². The third-order valence-corrected chi connectivity index (χ3v) is 3.04. The van der Waals surface area contributed by atoms with Gasteiger partial charge < -0.3 is 9.64 Å². The molecule has 0 aliphatic heterocycles. The number of methoxy groups -OCH3 is 1. The lowest BCUT2D eigenvalue weighted by Gasteiger charge is -2.18. The first-order valence-electron chi connectivity index (χ1n) is 6.58. The summed E-state index contributed by atoms with van der Waals surface area (Å²) in [5.41, 5.74) is -0.205. The van der Waals surface area contributed by atoms with Gasteiger partial charge in [0, 0.05) is 6.42 Å². The first kappa shape index (κ1) is 16.9. The van der Waals surface area contributed by atoms with E-state index in [1.54, 1.807) is 0 Å². The fourth-order valence-electron chi connectivity index (χ4n) is 1.71. The van der Waals surface area contributed by atoms with Gasteiger partial charge in [0.05, 0.1) is 18.6 Å². The van der Waals surface area contributed by atoms with Gasteiger partial charge in [-0.1, -0.05) is 6.42 Å². The van der Waals surface area contributed by atoms with Crippen molar-refractivity contribution in [3.8, 4) is 6.07 Å². The Morgan fingerprint density at radius 3 is 2.44 bits per heavy atom. The minimum Gasteiger partial charge on any atom is -0.469 e. The van der Waals surface area contributed by atoms with Crippen LogP contribution in [0, 0.1) is 16.7 Å². The molecule has 0 aromatic carbocycles. The molecule has 0 aliphatic rings. The Morgan fingerprint density at radius 2 is 1.89 bits per heavy atom. The Hall–Kier alpha value is -1.08. The van der Waals surface area contributed by atoms with Crippen molar-refractivity contribution in [3.63, 3.8) is 0 Å². The van der Waals surface area contributed by atoms with Crippen LogP contribution < -0.4 is 0 Å². The molecule has 104 valence electrons. The highest BCUT2D eigenvalue weighted by Crippen LogP contribution is 2.21. The van der Waals surface area contributed by atoms with E-state index in [9.17, 15) is 4.79 Å². The fourth-order valence-corrected chi connectivity index (χ4v) is 1.71. The van der Waals surface area contributed by atoms with Gasteiger partial charge in [0.1, 0.15) is 0 Å². The average Bonchev–Trinajstić information content (AvgIpc) is 2.34. The molecule has 4 nitrogen and oxygen atoms in total. The van der Waals surface area contributed by atoms with Crippen molar-refractivity contribution >= 4 is 5.97 Å². The number of ether oxygens (including phenoxy) is 1. The van der Waals surface area contributed by atoms with Gasteiger partial charge >= 0.3 is 5.97 Å². The summed E-state index contributed by atoms with van der Waals surface area (Å²) in [5.74, 6) is -0.140. The molecule has 4 heteroatoms. The van der Waals surface area contributed by atoms with Gasteiger partial charge in [-0.2, -0.15) is 5.26 Å². The molecular weight excluding hydrogens is 228 g/mol. The SMILES string of the molecule is COC(=O)CCCN(C)CCCCC(C)(C)C#N. The smallest absolute Gasteiger partial charge is 0.305 e. The molecule has 18 heavy (non-hydrogen) atoms. The number of hydrogen-bond donors (Lipinski definition) is 0. The van der Waals surface area contributed by atoms with Crippen LogP contribution in [-0.4, -0.2) is 38.1 Å². The van der Waals surface area contributed by atoms with Gasteiger partial charge in [0.2, 0.25) is 0 Å². The van der Waals surface area contributed by atoms with Crippen molar-refractivity contribution in [3.05, 3.63) is 0 Å². The van der Waals surface area contributed by atoms with Crippen molar-refractivity contribution in [1.29, 1.82) is 5.26 Å². The standard InChI is InChI=1S/C14H26N2O2/c1-14(2,12-15)9-5-6-10-16(3)11-7-8-13(17)18-4/h5-11H2,1-4H3. The van der Waals surface area contributed by atoms with Crippen molar-refractivity contribution in [1.82, 2.24) is 4.90 Å². The van der Waals surface area contributed by atoms with E-state index in [0.717, 1.165) is 38.8 Å². The summed E-state index contributed by atoms with van der Waals surface area (Å²) in [6.07, 6.45) is 4.44. The van der Waals surface area contributed by atoms with E-state index in [-0.39, 0.29) is 11.4 Å². The lowest BCUT2D eigenvalue weighted by Crippen LogP contribution is -2.22. The lowest BCUT2D eigenvalue weighted by atomic mass is 9.89. The molecule has 0 saturated heterocycles. The van der Waals surface area contributed by atoms with Crippen LogP contribution >= 0.6 is 0 Å². The van der Waals surface area contributed by atoms with Crippen LogP contribution in [0.5, 0.6) is 0 Å². The van der Waals surface area contributed by atoms with Crippen molar-refractivity contribution < 1.29 is 9.53 Å². The molecule has 0 atom stereocenters. The summed E-state index contributed by atoms with van der Waals surface area (Å²) in [7, 11) is 3.48. The maximum absolute atomic E-state index is 10.9. The highest BCUT2D eigenvalue weighted by atomic mass is 16.5. The van der Waals surface area contributed by atoms with Crippen LogP contribution in [0.15, 0.2) is 0 Å². The monoisotopic (exact) mass is 254 g/mol. The second kappa shape index (κ2) is 8.93. The van der Waals surface area contributed by atoms with Gasteiger partial charge in [-0.05, 0) is 53.2 Å². The number of carbonyl (C=O) groups excluding carboxylic acids is 1. The lowest BCUT2D eigenvalue weighted by molar-refractivity contribution is -0.140. The second-order valence-electron chi connectivity index (χ2n) is 5.44. The van der Waals surface area contributed by atoms with E-state index in [4.69, 9.17) is 5.26 Å². The Morgan fingerprint density at radius 1 is 1.28 bits per heavy atom. The number of nitriles is 1. The molecule has 0 aromatic rings. The Kier molecular flexibility index (Phi) is 8.40. The molecule has 0 aliphatic carbocycles. The third-order valence-electron chi connectivity index (χ3n) is 3.04. The van der Waals surface area contributed by atoms with E-state index >= 15 is 0 Å². The molecule has 0 saturated carbocycles. The van der Waals surface area contributed by atoms with Gasteiger partial charge in [-0.3, -0.25) is 4.79 Å². The molecule has 0 amide bonds. The molecule has 0 spiro atoms. The van der Waals surface area contributed by atoms with Crippen LogP contribution in [0.3, 0.4) is 0 Å². The second-order valence-corrected chi connectivity index (χ2v) is 5.44. The van der Waals surface area contributed by atoms with Crippen LogP contribution in [-0.2, 0) is 9.53 Å². The predicted octanol–water partition coefficient (Wildman–Crippen LogP) is 2.59.